The van der Waals surface area contributed by atoms with Crippen LogP contribution in [0.1, 0.15) is 22.6 Å². The summed E-state index contributed by atoms with van der Waals surface area (Å²) in [6.45, 7) is 4.09. The van der Waals surface area contributed by atoms with Gasteiger partial charge in [0.25, 0.3) is 0 Å². The topological polar surface area (TPSA) is 107 Å². The van der Waals surface area contributed by atoms with Gasteiger partial charge in [0.1, 0.15) is 0 Å². The molecule has 0 atom stereocenters. The SMILES string of the molecule is Cc1cc(C)n(C(=O)CCNc2ccc(S(N)(=O)=O)cc2)n1. The van der Waals surface area contributed by atoms with Crippen LogP contribution in [0.4, 0.5) is 5.69 Å². The highest BCUT2D eigenvalue weighted by molar-refractivity contribution is 7.89. The van der Waals surface area contributed by atoms with Crippen molar-refractivity contribution in [2.75, 3.05) is 11.9 Å². The van der Waals surface area contributed by atoms with Crippen molar-refractivity contribution in [1.82, 2.24) is 9.78 Å². The average Bonchev–Trinajstić information content (AvgIpc) is 2.77. The summed E-state index contributed by atoms with van der Waals surface area (Å²) in [6, 6.07) is 7.89. The highest BCUT2D eigenvalue weighted by atomic mass is 32.2. The third kappa shape index (κ3) is 3.92. The quantitative estimate of drug-likeness (QED) is 0.862. The van der Waals surface area contributed by atoms with E-state index in [1.807, 2.05) is 19.9 Å². The predicted molar refractivity (Wildman–Crippen MR) is 83.2 cm³/mol. The number of anilines is 1. The molecule has 0 saturated carbocycles. The number of nitrogens with one attached hydrogen (secondary N) is 1. The molecule has 1 heterocycles. The van der Waals surface area contributed by atoms with E-state index in [0.717, 1.165) is 11.4 Å². The van der Waals surface area contributed by atoms with Crippen molar-refractivity contribution in [2.24, 2.45) is 5.14 Å². The smallest absolute Gasteiger partial charge is 0.248 e. The molecular weight excluding hydrogens is 304 g/mol. The fourth-order valence-corrected chi connectivity index (χ4v) is 2.58. The Kier molecular flexibility index (Phi) is 4.62. The molecule has 1 aromatic carbocycles. The number of aryl methyl sites for hydroxylation is 2. The molecule has 118 valence electrons. The van der Waals surface area contributed by atoms with Gasteiger partial charge in [-0.05, 0) is 44.2 Å². The number of nitrogens with two attached hydrogens (primary N) is 1. The second kappa shape index (κ2) is 6.29. The van der Waals surface area contributed by atoms with Gasteiger partial charge >= 0.3 is 0 Å². The fraction of sp³-hybridized carbons (Fsp3) is 0.286. The number of nitrogens with zero attached hydrogens (tertiary/aromatic N) is 2. The maximum absolute atomic E-state index is 12.0. The Hall–Kier alpha value is -2.19. The van der Waals surface area contributed by atoms with Gasteiger partial charge in [0.2, 0.25) is 15.9 Å². The summed E-state index contributed by atoms with van der Waals surface area (Å²) >= 11 is 0. The van der Waals surface area contributed by atoms with E-state index in [0.29, 0.717) is 12.2 Å². The van der Waals surface area contributed by atoms with Crippen LogP contribution in [0.3, 0.4) is 0 Å². The zero-order chi connectivity index (χ0) is 16.3. The number of benzene rings is 1. The van der Waals surface area contributed by atoms with E-state index in [4.69, 9.17) is 5.14 Å². The Morgan fingerprint density at radius 3 is 2.41 bits per heavy atom. The number of hydrogen-bond donors (Lipinski definition) is 2. The molecule has 0 fully saturated rings. The van der Waals surface area contributed by atoms with Crippen LogP contribution in [-0.2, 0) is 10.0 Å². The molecule has 1 aromatic heterocycles. The number of aromatic nitrogens is 2. The van der Waals surface area contributed by atoms with Crippen molar-refractivity contribution in [3.05, 3.63) is 41.7 Å². The Balaban J connectivity index is 1.91. The first-order valence-corrected chi connectivity index (χ1v) is 8.25. The summed E-state index contributed by atoms with van der Waals surface area (Å²) < 4.78 is 23.7. The largest absolute Gasteiger partial charge is 0.385 e. The summed E-state index contributed by atoms with van der Waals surface area (Å²) in [5, 5.41) is 12.2. The first-order chi connectivity index (χ1) is 10.3. The van der Waals surface area contributed by atoms with Crippen LogP contribution in [0.2, 0.25) is 0 Å². The van der Waals surface area contributed by atoms with E-state index < -0.39 is 10.0 Å². The van der Waals surface area contributed by atoms with Crippen LogP contribution in [0.25, 0.3) is 0 Å². The van der Waals surface area contributed by atoms with Crippen LogP contribution in [0.5, 0.6) is 0 Å². The van der Waals surface area contributed by atoms with Gasteiger partial charge in [-0.2, -0.15) is 5.10 Å². The summed E-state index contributed by atoms with van der Waals surface area (Å²) in [6.07, 6.45) is 0.277. The third-order valence-corrected chi connectivity index (χ3v) is 4.03. The van der Waals surface area contributed by atoms with Crippen LogP contribution in [0.15, 0.2) is 35.2 Å². The summed E-state index contributed by atoms with van der Waals surface area (Å²) in [5.74, 6) is -0.0979. The zero-order valence-corrected chi connectivity index (χ0v) is 13.2. The molecule has 3 N–H and O–H groups in total. The standard InChI is InChI=1S/C14H18N4O3S/c1-10-9-11(2)18(17-10)14(19)7-8-16-12-3-5-13(6-4-12)22(15,20)21/h3-6,9,16H,7-8H2,1-2H3,(H2,15,20,21). The maximum atomic E-state index is 12.0. The number of sulfonamides is 1. The van der Waals surface area contributed by atoms with Gasteiger partial charge in [0, 0.05) is 24.3 Å². The van der Waals surface area contributed by atoms with Gasteiger partial charge in [-0.15, -0.1) is 0 Å². The second-order valence-corrected chi connectivity index (χ2v) is 6.54. The number of hydrogen-bond acceptors (Lipinski definition) is 5. The molecule has 0 aliphatic rings. The molecule has 0 aliphatic carbocycles. The second-order valence-electron chi connectivity index (χ2n) is 4.98. The fourth-order valence-electron chi connectivity index (χ4n) is 2.06. The molecular formula is C14H18N4O3S. The van der Waals surface area contributed by atoms with Gasteiger partial charge in [-0.3, -0.25) is 4.79 Å². The minimum Gasteiger partial charge on any atom is -0.385 e. The Morgan fingerprint density at radius 2 is 1.91 bits per heavy atom. The average molecular weight is 322 g/mol. The number of rotatable bonds is 5. The van der Waals surface area contributed by atoms with Crippen molar-refractivity contribution >= 4 is 21.6 Å². The lowest BCUT2D eigenvalue weighted by Gasteiger charge is -2.07. The zero-order valence-electron chi connectivity index (χ0n) is 12.4. The molecule has 0 amide bonds. The summed E-state index contributed by atoms with van der Waals surface area (Å²) in [4.78, 5) is 12.1. The van der Waals surface area contributed by atoms with E-state index in [1.54, 1.807) is 12.1 Å². The monoisotopic (exact) mass is 322 g/mol. The Bertz CT molecular complexity index is 779. The van der Waals surface area contributed by atoms with E-state index in [2.05, 4.69) is 10.4 Å². The lowest BCUT2D eigenvalue weighted by atomic mass is 10.3. The first kappa shape index (κ1) is 16.2. The number of primary sulfonamides is 1. The van der Waals surface area contributed by atoms with E-state index >= 15 is 0 Å². The molecule has 0 spiro atoms. The Morgan fingerprint density at radius 1 is 1.27 bits per heavy atom. The van der Waals surface area contributed by atoms with E-state index in [1.165, 1.54) is 16.8 Å². The highest BCUT2D eigenvalue weighted by Gasteiger charge is 2.10. The summed E-state index contributed by atoms with van der Waals surface area (Å²) in [7, 11) is -3.69. The van der Waals surface area contributed by atoms with Crippen molar-refractivity contribution in [1.29, 1.82) is 0 Å². The van der Waals surface area contributed by atoms with Gasteiger partial charge in [-0.1, -0.05) is 0 Å². The molecule has 22 heavy (non-hydrogen) atoms. The maximum Gasteiger partial charge on any atom is 0.248 e. The minimum absolute atomic E-state index is 0.0526. The van der Waals surface area contributed by atoms with Crippen LogP contribution < -0.4 is 10.5 Å². The highest BCUT2D eigenvalue weighted by Crippen LogP contribution is 2.12. The van der Waals surface area contributed by atoms with Crippen LogP contribution in [0, 0.1) is 13.8 Å². The molecule has 0 radical (unpaired) electrons. The van der Waals surface area contributed by atoms with E-state index in [9.17, 15) is 13.2 Å². The Labute approximate surface area is 129 Å². The van der Waals surface area contributed by atoms with Crippen LogP contribution in [-0.4, -0.2) is 30.7 Å². The minimum atomic E-state index is -3.69. The number of carbonyl (C=O) groups excluding carboxylic acids is 1. The van der Waals surface area contributed by atoms with Crippen molar-refractivity contribution in [3.8, 4) is 0 Å². The molecule has 8 heteroatoms. The molecule has 0 unspecified atom stereocenters. The molecule has 7 nitrogen and oxygen atoms in total. The lowest BCUT2D eigenvalue weighted by molar-refractivity contribution is 0.0888. The van der Waals surface area contributed by atoms with Crippen molar-refractivity contribution in [3.63, 3.8) is 0 Å². The van der Waals surface area contributed by atoms with E-state index in [-0.39, 0.29) is 17.2 Å². The van der Waals surface area contributed by atoms with Gasteiger partial charge in [0.15, 0.2) is 0 Å². The number of carbonyl (C=O) groups is 1. The van der Waals surface area contributed by atoms with Gasteiger partial charge in [0.05, 0.1) is 10.6 Å². The van der Waals surface area contributed by atoms with Gasteiger partial charge < -0.3 is 5.32 Å². The molecule has 0 saturated heterocycles. The normalized spacial score (nSPS) is 11.4. The van der Waals surface area contributed by atoms with Gasteiger partial charge in [-0.25, -0.2) is 18.2 Å². The first-order valence-electron chi connectivity index (χ1n) is 6.70. The lowest BCUT2D eigenvalue weighted by Crippen LogP contribution is -2.18. The molecule has 2 aromatic rings. The molecule has 2 rings (SSSR count). The van der Waals surface area contributed by atoms with Crippen molar-refractivity contribution < 1.29 is 13.2 Å². The molecule has 0 bridgehead atoms. The van der Waals surface area contributed by atoms with Crippen molar-refractivity contribution in [2.45, 2.75) is 25.2 Å². The van der Waals surface area contributed by atoms with Crippen LogP contribution >= 0.6 is 0 Å². The third-order valence-electron chi connectivity index (χ3n) is 3.10. The molecule has 0 aliphatic heterocycles. The predicted octanol–water partition coefficient (Wildman–Crippen LogP) is 1.29. The summed E-state index contributed by atoms with van der Waals surface area (Å²) in [5.41, 5.74) is 2.32.